The Balaban J connectivity index is 1.83. The Morgan fingerprint density at radius 3 is 2.04 bits per heavy atom. The van der Waals surface area contributed by atoms with Gasteiger partial charge in [-0.3, -0.25) is 4.79 Å². The summed E-state index contributed by atoms with van der Waals surface area (Å²) in [6, 6.07) is 0. The van der Waals surface area contributed by atoms with Gasteiger partial charge in [-0.2, -0.15) is 0 Å². The molecule has 0 atom stereocenters. The Hall–Kier alpha value is -1.05. The van der Waals surface area contributed by atoms with Crippen molar-refractivity contribution in [2.45, 2.75) is 103 Å². The molecule has 2 nitrogen and oxygen atoms in total. The van der Waals surface area contributed by atoms with E-state index in [1.165, 1.54) is 77.0 Å². The summed E-state index contributed by atoms with van der Waals surface area (Å²) in [6.45, 7) is 4.25. The fourth-order valence-corrected chi connectivity index (χ4v) is 3.39. The molecule has 0 aromatic carbocycles. The molecule has 144 valence electrons. The molecule has 0 N–H and O–H groups in total. The summed E-state index contributed by atoms with van der Waals surface area (Å²) in [5, 5.41) is 0. The zero-order valence-corrected chi connectivity index (χ0v) is 16.7. The molecule has 0 spiro atoms. The second-order valence-corrected chi connectivity index (χ2v) is 7.42. The molecule has 1 aliphatic rings. The highest BCUT2D eigenvalue weighted by molar-refractivity contribution is 5.76. The SMILES string of the molecule is CCCCC/C=C\C/C=C\CCCCCCCC(=O)N1CCCCC1. The lowest BCUT2D eigenvalue weighted by atomic mass is 10.1. The highest BCUT2D eigenvalue weighted by atomic mass is 16.2. The first kappa shape index (κ1) is 22.0. The van der Waals surface area contributed by atoms with Crippen molar-refractivity contribution in [2.75, 3.05) is 13.1 Å². The maximum Gasteiger partial charge on any atom is 0.222 e. The van der Waals surface area contributed by atoms with E-state index in [4.69, 9.17) is 0 Å². The predicted octanol–water partition coefficient (Wildman–Crippen LogP) is 6.81. The van der Waals surface area contributed by atoms with Gasteiger partial charge in [0.05, 0.1) is 0 Å². The molecule has 0 bridgehead atoms. The highest BCUT2D eigenvalue weighted by Crippen LogP contribution is 2.13. The molecule has 1 aliphatic heterocycles. The quantitative estimate of drug-likeness (QED) is 0.249. The molecule has 0 aromatic heterocycles. The Kier molecular flexibility index (Phi) is 14.4. The zero-order chi connectivity index (χ0) is 18.0. The molecule has 0 radical (unpaired) electrons. The third-order valence-electron chi connectivity index (χ3n) is 5.05. The first-order valence-electron chi connectivity index (χ1n) is 10.9. The fourth-order valence-electron chi connectivity index (χ4n) is 3.39. The number of unbranched alkanes of at least 4 members (excludes halogenated alkanes) is 8. The summed E-state index contributed by atoms with van der Waals surface area (Å²) in [4.78, 5) is 14.1. The maximum absolute atomic E-state index is 12.0. The van der Waals surface area contributed by atoms with E-state index in [0.717, 1.165) is 32.4 Å². The Labute approximate surface area is 156 Å². The number of nitrogens with zero attached hydrogens (tertiary/aromatic N) is 1. The number of allylic oxidation sites excluding steroid dienone is 4. The lowest BCUT2D eigenvalue weighted by Gasteiger charge is -2.26. The Morgan fingerprint density at radius 2 is 1.36 bits per heavy atom. The molecular formula is C23H41NO. The lowest BCUT2D eigenvalue weighted by molar-refractivity contribution is -0.132. The van der Waals surface area contributed by atoms with Crippen LogP contribution in [0.1, 0.15) is 103 Å². The van der Waals surface area contributed by atoms with Crippen LogP contribution in [0, 0.1) is 0 Å². The van der Waals surface area contributed by atoms with E-state index >= 15 is 0 Å². The molecule has 0 aromatic rings. The van der Waals surface area contributed by atoms with Crippen LogP contribution >= 0.6 is 0 Å². The van der Waals surface area contributed by atoms with Crippen molar-refractivity contribution in [2.24, 2.45) is 0 Å². The van der Waals surface area contributed by atoms with Gasteiger partial charge in [-0.25, -0.2) is 0 Å². The average Bonchev–Trinajstić information content (AvgIpc) is 2.65. The van der Waals surface area contributed by atoms with Crippen molar-refractivity contribution in [3.05, 3.63) is 24.3 Å². The van der Waals surface area contributed by atoms with Gasteiger partial charge >= 0.3 is 0 Å². The third kappa shape index (κ3) is 12.9. The molecule has 0 saturated carbocycles. The van der Waals surface area contributed by atoms with E-state index in [1.807, 2.05) is 0 Å². The number of piperidine rings is 1. The zero-order valence-electron chi connectivity index (χ0n) is 16.7. The number of carbonyl (C=O) groups excluding carboxylic acids is 1. The topological polar surface area (TPSA) is 20.3 Å². The molecule has 1 rings (SSSR count). The molecule has 0 aliphatic carbocycles. The largest absolute Gasteiger partial charge is 0.343 e. The van der Waals surface area contributed by atoms with Crippen molar-refractivity contribution < 1.29 is 4.79 Å². The fraction of sp³-hybridized carbons (Fsp3) is 0.783. The number of rotatable bonds is 14. The summed E-state index contributed by atoms with van der Waals surface area (Å²) < 4.78 is 0. The minimum Gasteiger partial charge on any atom is -0.343 e. The maximum atomic E-state index is 12.0. The van der Waals surface area contributed by atoms with Gasteiger partial charge in [-0.05, 0) is 57.8 Å². The summed E-state index contributed by atoms with van der Waals surface area (Å²) in [7, 11) is 0. The van der Waals surface area contributed by atoms with Crippen molar-refractivity contribution in [1.29, 1.82) is 0 Å². The van der Waals surface area contributed by atoms with Gasteiger partial charge in [0.15, 0.2) is 0 Å². The number of amides is 1. The van der Waals surface area contributed by atoms with Crippen LogP contribution in [0.4, 0.5) is 0 Å². The number of likely N-dealkylation sites (tertiary alicyclic amines) is 1. The number of hydrogen-bond acceptors (Lipinski definition) is 1. The molecule has 0 unspecified atom stereocenters. The average molecular weight is 348 g/mol. The van der Waals surface area contributed by atoms with E-state index in [9.17, 15) is 4.79 Å². The second-order valence-electron chi connectivity index (χ2n) is 7.42. The summed E-state index contributed by atoms with van der Waals surface area (Å²) in [5.41, 5.74) is 0. The molecule has 25 heavy (non-hydrogen) atoms. The van der Waals surface area contributed by atoms with Crippen LogP contribution in [-0.4, -0.2) is 23.9 Å². The summed E-state index contributed by atoms with van der Waals surface area (Å²) in [5.74, 6) is 0.394. The Bertz CT molecular complexity index is 366. The standard InChI is InChI=1S/C23H41NO/c1-2-3-4-5-6-7-8-9-10-11-12-13-14-15-17-20-23(25)24-21-18-16-19-22-24/h6-7,9-10H,2-5,8,11-22H2,1H3/b7-6-,10-9-. The van der Waals surface area contributed by atoms with Crippen molar-refractivity contribution in [3.8, 4) is 0 Å². The van der Waals surface area contributed by atoms with Crippen LogP contribution in [0.3, 0.4) is 0 Å². The third-order valence-corrected chi connectivity index (χ3v) is 5.05. The number of hydrogen-bond donors (Lipinski definition) is 0. The van der Waals surface area contributed by atoms with Crippen LogP contribution < -0.4 is 0 Å². The van der Waals surface area contributed by atoms with Crippen LogP contribution in [-0.2, 0) is 4.79 Å². The molecule has 1 saturated heterocycles. The lowest BCUT2D eigenvalue weighted by Crippen LogP contribution is -2.35. The van der Waals surface area contributed by atoms with Crippen molar-refractivity contribution in [3.63, 3.8) is 0 Å². The van der Waals surface area contributed by atoms with Gasteiger partial charge in [0.25, 0.3) is 0 Å². The molecule has 2 heteroatoms. The van der Waals surface area contributed by atoms with Crippen LogP contribution in [0.15, 0.2) is 24.3 Å². The number of carbonyl (C=O) groups is 1. The minimum atomic E-state index is 0.394. The Morgan fingerprint density at radius 1 is 0.760 bits per heavy atom. The van der Waals surface area contributed by atoms with Crippen molar-refractivity contribution >= 4 is 5.91 Å². The smallest absolute Gasteiger partial charge is 0.222 e. The van der Waals surface area contributed by atoms with Gasteiger partial charge in [0, 0.05) is 19.5 Å². The monoisotopic (exact) mass is 347 g/mol. The minimum absolute atomic E-state index is 0.394. The second kappa shape index (κ2) is 16.4. The normalized spacial score (nSPS) is 15.5. The molecule has 1 amide bonds. The summed E-state index contributed by atoms with van der Waals surface area (Å²) in [6.07, 6.45) is 27.4. The van der Waals surface area contributed by atoms with Gasteiger partial charge in [0.2, 0.25) is 5.91 Å². The van der Waals surface area contributed by atoms with E-state index in [2.05, 4.69) is 36.1 Å². The van der Waals surface area contributed by atoms with Crippen LogP contribution in [0.5, 0.6) is 0 Å². The van der Waals surface area contributed by atoms with E-state index in [-0.39, 0.29) is 0 Å². The molecule has 1 fully saturated rings. The molecular weight excluding hydrogens is 306 g/mol. The van der Waals surface area contributed by atoms with E-state index in [1.54, 1.807) is 0 Å². The van der Waals surface area contributed by atoms with Gasteiger partial charge in [-0.15, -0.1) is 0 Å². The van der Waals surface area contributed by atoms with Gasteiger partial charge < -0.3 is 4.90 Å². The highest BCUT2D eigenvalue weighted by Gasteiger charge is 2.15. The first-order valence-corrected chi connectivity index (χ1v) is 10.9. The van der Waals surface area contributed by atoms with Crippen LogP contribution in [0.25, 0.3) is 0 Å². The summed E-state index contributed by atoms with van der Waals surface area (Å²) >= 11 is 0. The van der Waals surface area contributed by atoms with Crippen LogP contribution in [0.2, 0.25) is 0 Å². The van der Waals surface area contributed by atoms with Gasteiger partial charge in [0.1, 0.15) is 0 Å². The molecule has 1 heterocycles. The first-order chi connectivity index (χ1) is 12.3. The van der Waals surface area contributed by atoms with Gasteiger partial charge in [-0.1, -0.05) is 63.3 Å². The van der Waals surface area contributed by atoms with E-state index < -0.39 is 0 Å². The van der Waals surface area contributed by atoms with E-state index in [0.29, 0.717) is 5.91 Å². The van der Waals surface area contributed by atoms with Crippen molar-refractivity contribution in [1.82, 2.24) is 4.90 Å². The predicted molar refractivity (Wildman–Crippen MR) is 110 cm³/mol.